The summed E-state index contributed by atoms with van der Waals surface area (Å²) in [5.41, 5.74) is 11.8. The quantitative estimate of drug-likeness (QED) is 0.129. The van der Waals surface area contributed by atoms with Gasteiger partial charge in [0.25, 0.3) is 0 Å². The van der Waals surface area contributed by atoms with E-state index in [4.69, 9.17) is 10.3 Å². The van der Waals surface area contributed by atoms with E-state index in [0.29, 0.717) is 0 Å². The smallest absolute Gasteiger partial charge is 0.0196 e. The summed E-state index contributed by atoms with van der Waals surface area (Å²) in [6.07, 6.45) is 4.26. The summed E-state index contributed by atoms with van der Waals surface area (Å²) in [4.78, 5) is 5.15. The minimum atomic E-state index is -0.173. The second-order valence-corrected chi connectivity index (χ2v) is 9.49. The van der Waals surface area contributed by atoms with Gasteiger partial charge in [0.1, 0.15) is 0 Å². The minimum absolute atomic E-state index is 0. The maximum absolute atomic E-state index is 5.55. The molecule has 0 aliphatic rings. The number of nitrogens with zero attached hydrogens (tertiary/aromatic N) is 2. The molecule has 0 aliphatic carbocycles. The first-order valence-corrected chi connectivity index (χ1v) is 12.8. The molecule has 4 aromatic rings. The largest absolute Gasteiger partial charge is 0.673 e. The van der Waals surface area contributed by atoms with Crippen LogP contribution in [0.15, 0.2) is 72.8 Å². The normalized spacial score (nSPS) is 11.0. The van der Waals surface area contributed by atoms with Crippen molar-refractivity contribution in [2.24, 2.45) is 0 Å². The third kappa shape index (κ3) is 7.76. The fourth-order valence-electron chi connectivity index (χ4n) is 5.09. The van der Waals surface area contributed by atoms with Gasteiger partial charge in [-0.2, -0.15) is 0 Å². The van der Waals surface area contributed by atoms with E-state index in [1.165, 1.54) is 33.4 Å². The number of para-hydroxylation sites is 1. The average molecular weight is 669 g/mol. The second kappa shape index (κ2) is 15.8. The van der Waals surface area contributed by atoms with Crippen LogP contribution in [0, 0.1) is 41.7 Å². The molecule has 0 saturated heterocycles. The molecule has 1 unspecified atom stereocenters. The van der Waals surface area contributed by atoms with E-state index in [-0.39, 0.29) is 46.7 Å². The molecule has 38 heavy (non-hydrogen) atoms. The molecule has 1 atom stereocenters. The van der Waals surface area contributed by atoms with E-state index in [1.807, 2.05) is 18.2 Å². The van der Waals surface area contributed by atoms with Crippen LogP contribution >= 0.6 is 0 Å². The van der Waals surface area contributed by atoms with Gasteiger partial charge in [0.05, 0.1) is 0 Å². The summed E-state index contributed by atoms with van der Waals surface area (Å²) in [7, 11) is 0. The summed E-state index contributed by atoms with van der Waals surface area (Å²) < 4.78 is 0. The number of hydrogen-bond acceptors (Lipinski definition) is 1. The van der Waals surface area contributed by atoms with Gasteiger partial charge in [-0.3, -0.25) is 0 Å². The molecular formula is C35H42HfN2-4. The molecular weight excluding hydrogens is 627 g/mol. The number of aryl methyl sites for hydroxylation is 5. The summed E-state index contributed by atoms with van der Waals surface area (Å²) in [5, 5.41) is 5.55. The Morgan fingerprint density at radius 1 is 0.789 bits per heavy atom. The van der Waals surface area contributed by atoms with Crippen molar-refractivity contribution in [3.63, 3.8) is 0 Å². The molecule has 4 rings (SSSR count). The van der Waals surface area contributed by atoms with Gasteiger partial charge in [0.15, 0.2) is 0 Å². The molecule has 3 aromatic carbocycles. The van der Waals surface area contributed by atoms with Crippen molar-refractivity contribution in [2.45, 2.75) is 66.3 Å². The van der Waals surface area contributed by atoms with Gasteiger partial charge in [0, 0.05) is 31.5 Å². The van der Waals surface area contributed by atoms with Crippen LogP contribution in [0.2, 0.25) is 0 Å². The topological polar surface area (TPSA) is 27.0 Å². The zero-order valence-electron chi connectivity index (χ0n) is 24.2. The maximum atomic E-state index is 5.55. The molecule has 1 heterocycles. The molecule has 3 heteroatoms. The number of aromatic nitrogens is 1. The minimum Gasteiger partial charge on any atom is -0.673 e. The Balaban J connectivity index is 0.00000241. The van der Waals surface area contributed by atoms with E-state index in [2.05, 4.69) is 95.3 Å². The molecule has 0 aliphatic heterocycles. The van der Waals surface area contributed by atoms with E-state index >= 15 is 0 Å². The van der Waals surface area contributed by atoms with Crippen LogP contribution < -0.4 is 0 Å². The fourth-order valence-corrected chi connectivity index (χ4v) is 5.09. The molecule has 0 bridgehead atoms. The van der Waals surface area contributed by atoms with E-state index < -0.39 is 0 Å². The Bertz CT molecular complexity index is 1230. The Morgan fingerprint density at radius 2 is 1.39 bits per heavy atom. The van der Waals surface area contributed by atoms with Crippen LogP contribution in [0.5, 0.6) is 0 Å². The molecule has 0 saturated carbocycles. The third-order valence-corrected chi connectivity index (χ3v) is 6.55. The van der Waals surface area contributed by atoms with E-state index in [1.54, 1.807) is 0 Å². The molecule has 0 amide bonds. The Hall–Kier alpha value is -2.52. The van der Waals surface area contributed by atoms with Gasteiger partial charge in [0.2, 0.25) is 0 Å². The Labute approximate surface area is 251 Å². The van der Waals surface area contributed by atoms with Crippen LogP contribution in [-0.2, 0) is 38.7 Å². The second-order valence-electron chi connectivity index (χ2n) is 9.49. The summed E-state index contributed by atoms with van der Waals surface area (Å²) in [6.45, 7) is 11.1. The van der Waals surface area contributed by atoms with Crippen molar-refractivity contribution < 1.29 is 25.8 Å². The fraction of sp³-hybridized carbons (Fsp3) is 0.286. The van der Waals surface area contributed by atoms with Crippen molar-refractivity contribution in [2.75, 3.05) is 0 Å². The molecule has 200 valence electrons. The Kier molecular flexibility index (Phi) is 13.9. The number of rotatable bonds is 9. The number of pyridine rings is 1. The van der Waals surface area contributed by atoms with Crippen molar-refractivity contribution >= 4 is 5.69 Å². The van der Waals surface area contributed by atoms with Gasteiger partial charge in [-0.05, 0) is 62.5 Å². The van der Waals surface area contributed by atoms with Crippen molar-refractivity contribution in [3.8, 4) is 11.3 Å². The van der Waals surface area contributed by atoms with Crippen LogP contribution in [0.4, 0.5) is 5.69 Å². The predicted molar refractivity (Wildman–Crippen MR) is 161 cm³/mol. The van der Waals surface area contributed by atoms with Crippen molar-refractivity contribution in [1.29, 1.82) is 0 Å². The molecule has 0 radical (unpaired) electrons. The average Bonchev–Trinajstić information content (AvgIpc) is 2.85. The first kappa shape index (κ1) is 33.5. The molecule has 0 fully saturated rings. The first-order chi connectivity index (χ1) is 17.0. The Morgan fingerprint density at radius 3 is 1.95 bits per heavy atom. The van der Waals surface area contributed by atoms with Crippen LogP contribution in [0.3, 0.4) is 0 Å². The first-order valence-electron chi connectivity index (χ1n) is 12.8. The van der Waals surface area contributed by atoms with Gasteiger partial charge >= 0.3 is 0 Å². The van der Waals surface area contributed by atoms with Crippen LogP contribution in [0.1, 0.15) is 71.8 Å². The zero-order valence-corrected chi connectivity index (χ0v) is 27.8. The molecule has 0 N–H and O–H groups in total. The van der Waals surface area contributed by atoms with E-state index in [0.717, 1.165) is 48.3 Å². The maximum Gasteiger partial charge on any atom is 0.0196 e. The SMILES string of the molecule is CCCc1cccc(CCC)c1[N-]C(c1cccc(-c2[c-]cccc2)n1)c1c(C)cc(C)cc1C.[CH3-].[CH3-].[Hf]. The predicted octanol–water partition coefficient (Wildman–Crippen LogP) is 10.1. The molecule has 0 spiro atoms. The van der Waals surface area contributed by atoms with Gasteiger partial charge in [-0.15, -0.1) is 41.6 Å². The van der Waals surface area contributed by atoms with Gasteiger partial charge < -0.3 is 25.2 Å². The van der Waals surface area contributed by atoms with Crippen molar-refractivity contribution in [1.82, 2.24) is 4.98 Å². The zero-order chi connectivity index (χ0) is 24.8. The number of benzene rings is 3. The molecule has 2 nitrogen and oxygen atoms in total. The number of hydrogen-bond donors (Lipinski definition) is 0. The third-order valence-electron chi connectivity index (χ3n) is 6.55. The summed E-state index contributed by atoms with van der Waals surface area (Å²) in [6, 6.07) is 28.7. The van der Waals surface area contributed by atoms with E-state index in [9.17, 15) is 0 Å². The van der Waals surface area contributed by atoms with Gasteiger partial charge in [-0.25, -0.2) is 0 Å². The standard InChI is InChI=1S/C33H36N2.2CH3.Hf/c1-6-13-27-17-11-18-28(14-7-2)32(27)35-33(31-24(4)21-23(3)22-25(31)5)30-20-12-19-29(34-30)26-15-9-8-10-16-26;;;/h8-12,15,17-22,33H,6-7,13-14H2,1-5H3;2*1H3;/q-2;2*-1;. The monoisotopic (exact) mass is 670 g/mol. The van der Waals surface area contributed by atoms with Gasteiger partial charge in [-0.1, -0.05) is 91.4 Å². The van der Waals surface area contributed by atoms with Crippen LogP contribution in [0.25, 0.3) is 16.6 Å². The molecule has 1 aromatic heterocycles. The van der Waals surface area contributed by atoms with Crippen LogP contribution in [-0.4, -0.2) is 4.98 Å². The van der Waals surface area contributed by atoms with Crippen molar-refractivity contribution in [3.05, 3.63) is 138 Å². The summed E-state index contributed by atoms with van der Waals surface area (Å²) >= 11 is 0. The summed E-state index contributed by atoms with van der Waals surface area (Å²) in [5.74, 6) is 0.